The summed E-state index contributed by atoms with van der Waals surface area (Å²) in [5.74, 6) is -1.11. The van der Waals surface area contributed by atoms with Crippen molar-refractivity contribution in [2.24, 2.45) is 16.6 Å². The second kappa shape index (κ2) is 5.90. The zero-order valence-corrected chi connectivity index (χ0v) is 13.0. The van der Waals surface area contributed by atoms with Crippen LogP contribution in [0.4, 0.5) is 0 Å². The van der Waals surface area contributed by atoms with Crippen LogP contribution in [0.15, 0.2) is 0 Å². The van der Waals surface area contributed by atoms with Crippen LogP contribution in [0.2, 0.25) is 0 Å². The summed E-state index contributed by atoms with van der Waals surface area (Å²) in [6, 6.07) is 0. The van der Waals surface area contributed by atoms with E-state index in [1.165, 1.54) is 0 Å². The summed E-state index contributed by atoms with van der Waals surface area (Å²) in [7, 11) is 0. The van der Waals surface area contributed by atoms with Crippen LogP contribution in [0.3, 0.4) is 0 Å². The molecule has 0 aliphatic rings. The van der Waals surface area contributed by atoms with E-state index < -0.39 is 22.3 Å². The lowest BCUT2D eigenvalue weighted by atomic mass is 9.73. The van der Waals surface area contributed by atoms with Crippen molar-refractivity contribution in [2.75, 3.05) is 6.54 Å². The van der Waals surface area contributed by atoms with E-state index in [9.17, 15) is 14.7 Å². The van der Waals surface area contributed by atoms with Crippen molar-refractivity contribution in [2.45, 2.75) is 59.9 Å². The molecule has 0 atom stereocenters. The number of carboxylic acids is 1. The molecule has 0 aliphatic heterocycles. The molecule has 1 amide bonds. The fourth-order valence-electron chi connectivity index (χ4n) is 1.79. The molecule has 0 unspecified atom stereocenters. The van der Waals surface area contributed by atoms with Crippen LogP contribution in [0.5, 0.6) is 0 Å². The number of nitrogens with one attached hydrogen (secondary N) is 1. The Morgan fingerprint density at radius 1 is 1.11 bits per heavy atom. The van der Waals surface area contributed by atoms with Crippen LogP contribution >= 0.6 is 0 Å². The quantitative estimate of drug-likeness (QED) is 0.658. The number of amides is 1. The molecule has 5 heteroatoms. The molecule has 0 aromatic carbocycles. The predicted octanol–water partition coefficient (Wildman–Crippen LogP) is 1.76. The van der Waals surface area contributed by atoms with Gasteiger partial charge in [0.25, 0.3) is 0 Å². The van der Waals surface area contributed by atoms with Crippen molar-refractivity contribution in [1.82, 2.24) is 5.32 Å². The molecule has 0 aromatic heterocycles. The number of carbonyl (C=O) groups is 2. The zero-order valence-electron chi connectivity index (χ0n) is 13.0. The second-order valence-electron chi connectivity index (χ2n) is 6.20. The van der Waals surface area contributed by atoms with Gasteiger partial charge in [0.15, 0.2) is 0 Å². The first-order valence-electron chi connectivity index (χ1n) is 6.76. The van der Waals surface area contributed by atoms with Gasteiger partial charge in [-0.25, -0.2) is 0 Å². The Labute approximate surface area is 115 Å². The Kier molecular flexibility index (Phi) is 5.56. The summed E-state index contributed by atoms with van der Waals surface area (Å²) in [5, 5.41) is 12.2. The average molecular weight is 272 g/mol. The molecule has 0 saturated carbocycles. The molecule has 112 valence electrons. The Morgan fingerprint density at radius 2 is 1.53 bits per heavy atom. The fourth-order valence-corrected chi connectivity index (χ4v) is 1.79. The molecule has 0 spiro atoms. The molecule has 19 heavy (non-hydrogen) atoms. The van der Waals surface area contributed by atoms with Crippen LogP contribution in [0, 0.1) is 10.8 Å². The summed E-state index contributed by atoms with van der Waals surface area (Å²) >= 11 is 0. The third-order valence-corrected chi connectivity index (χ3v) is 4.75. The first kappa shape index (κ1) is 17.9. The SMILES string of the molecule is CCC(CC)(CN)C(=O)NC(C)(C)C(C)(C)C(=O)O. The van der Waals surface area contributed by atoms with E-state index in [0.717, 1.165) is 0 Å². The molecule has 0 fully saturated rings. The van der Waals surface area contributed by atoms with Gasteiger partial charge in [-0.2, -0.15) is 0 Å². The van der Waals surface area contributed by atoms with Crippen molar-refractivity contribution < 1.29 is 14.7 Å². The first-order chi connectivity index (χ1) is 8.50. The van der Waals surface area contributed by atoms with Crippen LogP contribution in [0.1, 0.15) is 54.4 Å². The number of rotatable bonds is 7. The molecular formula is C14H28N2O3. The van der Waals surface area contributed by atoms with Gasteiger partial charge in [-0.1, -0.05) is 13.8 Å². The minimum absolute atomic E-state index is 0.167. The smallest absolute Gasteiger partial charge is 0.311 e. The summed E-state index contributed by atoms with van der Waals surface area (Å²) in [6.07, 6.45) is 1.27. The van der Waals surface area contributed by atoms with Gasteiger partial charge in [0.1, 0.15) is 0 Å². The summed E-state index contributed by atoms with van der Waals surface area (Å²) in [5.41, 5.74) is 3.20. The van der Waals surface area contributed by atoms with Gasteiger partial charge in [-0.3, -0.25) is 9.59 Å². The highest BCUT2D eigenvalue weighted by molar-refractivity contribution is 5.85. The average Bonchev–Trinajstić information content (AvgIpc) is 2.30. The molecule has 0 rings (SSSR count). The molecule has 4 N–H and O–H groups in total. The van der Waals surface area contributed by atoms with Gasteiger partial charge in [-0.15, -0.1) is 0 Å². The number of nitrogens with two attached hydrogens (primary N) is 1. The van der Waals surface area contributed by atoms with Crippen molar-refractivity contribution in [1.29, 1.82) is 0 Å². The molecule has 0 bridgehead atoms. The van der Waals surface area contributed by atoms with Gasteiger partial charge in [0, 0.05) is 12.1 Å². The molecular weight excluding hydrogens is 244 g/mol. The molecule has 0 heterocycles. The molecule has 0 aromatic rings. The molecule has 5 nitrogen and oxygen atoms in total. The van der Waals surface area contributed by atoms with Crippen LogP contribution < -0.4 is 11.1 Å². The third-order valence-electron chi connectivity index (χ3n) is 4.75. The minimum Gasteiger partial charge on any atom is -0.481 e. The summed E-state index contributed by atoms with van der Waals surface area (Å²) in [6.45, 7) is 10.8. The third kappa shape index (κ3) is 3.26. The topological polar surface area (TPSA) is 92.4 Å². The van der Waals surface area contributed by atoms with Crippen molar-refractivity contribution in [3.05, 3.63) is 0 Å². The fraction of sp³-hybridized carbons (Fsp3) is 0.857. The van der Waals surface area contributed by atoms with E-state index >= 15 is 0 Å². The van der Waals surface area contributed by atoms with Crippen molar-refractivity contribution in [3.8, 4) is 0 Å². The standard InChI is InChI=1S/C14H28N2O3/c1-7-14(8-2,9-15)10(17)16-13(5,6)12(3,4)11(18)19/h7-9,15H2,1-6H3,(H,16,17)(H,18,19). The summed E-state index contributed by atoms with van der Waals surface area (Å²) in [4.78, 5) is 23.8. The first-order valence-corrected chi connectivity index (χ1v) is 6.76. The predicted molar refractivity (Wildman–Crippen MR) is 75.7 cm³/mol. The van der Waals surface area contributed by atoms with E-state index in [0.29, 0.717) is 12.8 Å². The van der Waals surface area contributed by atoms with E-state index in [-0.39, 0.29) is 12.5 Å². The van der Waals surface area contributed by atoms with E-state index in [1.54, 1.807) is 27.7 Å². The van der Waals surface area contributed by atoms with Crippen LogP contribution in [0.25, 0.3) is 0 Å². The van der Waals surface area contributed by atoms with Gasteiger partial charge >= 0.3 is 5.97 Å². The molecule has 0 saturated heterocycles. The normalized spacial score (nSPS) is 13.2. The lowest BCUT2D eigenvalue weighted by molar-refractivity contribution is -0.152. The van der Waals surface area contributed by atoms with Gasteiger partial charge in [-0.05, 0) is 40.5 Å². The highest BCUT2D eigenvalue weighted by atomic mass is 16.4. The number of carboxylic acid groups (broad SMARTS) is 1. The van der Waals surface area contributed by atoms with Gasteiger partial charge in [0.2, 0.25) is 5.91 Å². The number of hydrogen-bond donors (Lipinski definition) is 3. The number of aliphatic carboxylic acids is 1. The maximum atomic E-state index is 12.5. The monoisotopic (exact) mass is 272 g/mol. The molecule has 0 aliphatic carbocycles. The Bertz CT molecular complexity index is 336. The second-order valence-corrected chi connectivity index (χ2v) is 6.20. The maximum absolute atomic E-state index is 12.5. The lowest BCUT2D eigenvalue weighted by Gasteiger charge is -2.41. The van der Waals surface area contributed by atoms with E-state index in [4.69, 9.17) is 5.73 Å². The van der Waals surface area contributed by atoms with Gasteiger partial charge in [0.05, 0.1) is 10.8 Å². The van der Waals surface area contributed by atoms with Crippen molar-refractivity contribution >= 4 is 11.9 Å². The van der Waals surface area contributed by atoms with Gasteiger partial charge < -0.3 is 16.2 Å². The highest BCUT2D eigenvalue weighted by Gasteiger charge is 2.46. The Hall–Kier alpha value is -1.10. The van der Waals surface area contributed by atoms with E-state index in [1.807, 2.05) is 13.8 Å². The number of hydrogen-bond acceptors (Lipinski definition) is 3. The largest absolute Gasteiger partial charge is 0.481 e. The highest BCUT2D eigenvalue weighted by Crippen LogP contribution is 2.33. The lowest BCUT2D eigenvalue weighted by Crippen LogP contribution is -2.60. The van der Waals surface area contributed by atoms with Crippen LogP contribution in [-0.2, 0) is 9.59 Å². The molecule has 0 radical (unpaired) electrons. The summed E-state index contributed by atoms with van der Waals surface area (Å²) < 4.78 is 0. The number of carbonyl (C=O) groups excluding carboxylic acids is 1. The van der Waals surface area contributed by atoms with E-state index in [2.05, 4.69) is 5.32 Å². The maximum Gasteiger partial charge on any atom is 0.311 e. The van der Waals surface area contributed by atoms with Crippen LogP contribution in [-0.4, -0.2) is 29.1 Å². The van der Waals surface area contributed by atoms with Crippen molar-refractivity contribution in [3.63, 3.8) is 0 Å². The Morgan fingerprint density at radius 3 is 1.79 bits per heavy atom. The zero-order chi connectivity index (χ0) is 15.5. The Balaban J connectivity index is 5.24. The minimum atomic E-state index is -1.06.